The Kier molecular flexibility index (Phi) is 5.15. The van der Waals surface area contributed by atoms with E-state index in [9.17, 15) is 9.18 Å². The van der Waals surface area contributed by atoms with Crippen molar-refractivity contribution in [3.8, 4) is 0 Å². The summed E-state index contributed by atoms with van der Waals surface area (Å²) < 4.78 is 24.3. The minimum atomic E-state index is -0.303. The number of ether oxygens (including phenoxy) is 1. The lowest BCUT2D eigenvalue weighted by atomic mass is 9.74. The highest BCUT2D eigenvalue weighted by atomic mass is 19.1. The Bertz CT molecular complexity index is 667. The van der Waals surface area contributed by atoms with E-state index in [1.807, 2.05) is 6.07 Å². The Labute approximate surface area is 140 Å². The molecule has 0 atom stereocenters. The van der Waals surface area contributed by atoms with Crippen LogP contribution in [0.1, 0.15) is 24.2 Å². The van der Waals surface area contributed by atoms with Crippen molar-refractivity contribution in [2.24, 2.45) is 0 Å². The number of hydrogen-bond donors (Lipinski definition) is 2. The minimum Gasteiger partial charge on any atom is -0.467 e. The van der Waals surface area contributed by atoms with Crippen LogP contribution < -0.4 is 10.6 Å². The van der Waals surface area contributed by atoms with E-state index >= 15 is 0 Å². The molecule has 2 amide bonds. The Morgan fingerprint density at radius 1 is 1.17 bits per heavy atom. The monoisotopic (exact) mass is 332 g/mol. The maximum Gasteiger partial charge on any atom is 0.315 e. The first-order chi connectivity index (χ1) is 11.7. The zero-order valence-electron chi connectivity index (χ0n) is 13.4. The number of furan rings is 1. The molecule has 2 N–H and O–H groups in total. The molecular formula is C18H21FN2O3. The van der Waals surface area contributed by atoms with Gasteiger partial charge in [0.2, 0.25) is 0 Å². The fraction of sp³-hybridized carbons (Fsp3) is 0.389. The molecule has 0 saturated carbocycles. The number of rotatable bonds is 5. The van der Waals surface area contributed by atoms with Crippen molar-refractivity contribution in [2.75, 3.05) is 19.8 Å². The van der Waals surface area contributed by atoms with E-state index in [0.717, 1.165) is 18.4 Å². The van der Waals surface area contributed by atoms with Gasteiger partial charge in [0.1, 0.15) is 11.6 Å². The highest BCUT2D eigenvalue weighted by Crippen LogP contribution is 2.34. The van der Waals surface area contributed by atoms with Crippen LogP contribution in [-0.2, 0) is 16.7 Å². The molecule has 0 unspecified atom stereocenters. The minimum absolute atomic E-state index is 0.263. The molecule has 0 radical (unpaired) electrons. The number of amides is 2. The highest BCUT2D eigenvalue weighted by Gasteiger charge is 2.35. The lowest BCUT2D eigenvalue weighted by Gasteiger charge is -2.38. The topological polar surface area (TPSA) is 63.5 Å². The van der Waals surface area contributed by atoms with E-state index in [-0.39, 0.29) is 17.3 Å². The summed E-state index contributed by atoms with van der Waals surface area (Å²) in [4.78, 5) is 12.1. The Morgan fingerprint density at radius 3 is 2.71 bits per heavy atom. The summed E-state index contributed by atoms with van der Waals surface area (Å²) in [5.41, 5.74) is 0.597. The van der Waals surface area contributed by atoms with Gasteiger partial charge < -0.3 is 19.8 Å². The van der Waals surface area contributed by atoms with Crippen LogP contribution in [0.2, 0.25) is 0 Å². The van der Waals surface area contributed by atoms with Crippen molar-refractivity contribution >= 4 is 6.03 Å². The van der Waals surface area contributed by atoms with Crippen LogP contribution in [0, 0.1) is 5.82 Å². The number of benzene rings is 1. The van der Waals surface area contributed by atoms with E-state index in [1.54, 1.807) is 30.5 Å². The Hall–Kier alpha value is -2.34. The third kappa shape index (κ3) is 3.94. The molecule has 1 aromatic heterocycles. The molecule has 6 heteroatoms. The van der Waals surface area contributed by atoms with E-state index in [2.05, 4.69) is 10.6 Å². The Balaban J connectivity index is 1.63. The maximum absolute atomic E-state index is 13.6. The van der Waals surface area contributed by atoms with Gasteiger partial charge in [-0.25, -0.2) is 9.18 Å². The van der Waals surface area contributed by atoms with Crippen LogP contribution in [0.4, 0.5) is 9.18 Å². The summed E-state index contributed by atoms with van der Waals surface area (Å²) in [6.45, 7) is 1.97. The van der Waals surface area contributed by atoms with Crippen molar-refractivity contribution < 1.29 is 18.3 Å². The first-order valence-electron chi connectivity index (χ1n) is 8.06. The molecule has 1 saturated heterocycles. The first-order valence-corrected chi connectivity index (χ1v) is 8.06. The van der Waals surface area contributed by atoms with Gasteiger partial charge in [0, 0.05) is 25.2 Å². The number of hydrogen-bond acceptors (Lipinski definition) is 3. The van der Waals surface area contributed by atoms with Crippen molar-refractivity contribution in [3.63, 3.8) is 0 Å². The summed E-state index contributed by atoms with van der Waals surface area (Å²) in [5.74, 6) is 0.427. The molecule has 3 rings (SSSR count). The van der Waals surface area contributed by atoms with Crippen LogP contribution in [0.25, 0.3) is 0 Å². The average molecular weight is 332 g/mol. The summed E-state index contributed by atoms with van der Waals surface area (Å²) in [6.07, 6.45) is 3.06. The molecule has 24 heavy (non-hydrogen) atoms. The lowest BCUT2D eigenvalue weighted by molar-refractivity contribution is 0.0506. The molecule has 5 nitrogen and oxygen atoms in total. The molecule has 2 aromatic rings. The van der Waals surface area contributed by atoms with Crippen LogP contribution in [0.5, 0.6) is 0 Å². The van der Waals surface area contributed by atoms with E-state index < -0.39 is 0 Å². The average Bonchev–Trinajstić information content (AvgIpc) is 3.12. The van der Waals surface area contributed by atoms with Crippen molar-refractivity contribution in [1.29, 1.82) is 0 Å². The van der Waals surface area contributed by atoms with Crippen LogP contribution in [-0.4, -0.2) is 25.8 Å². The van der Waals surface area contributed by atoms with E-state index in [4.69, 9.17) is 9.15 Å². The summed E-state index contributed by atoms with van der Waals surface area (Å²) in [7, 11) is 0. The molecule has 2 heterocycles. The second-order valence-corrected chi connectivity index (χ2v) is 6.02. The molecule has 128 valence electrons. The van der Waals surface area contributed by atoms with Gasteiger partial charge in [0.25, 0.3) is 0 Å². The second-order valence-electron chi connectivity index (χ2n) is 6.02. The van der Waals surface area contributed by atoms with Crippen molar-refractivity contribution in [2.45, 2.75) is 24.8 Å². The molecule has 1 aromatic carbocycles. The highest BCUT2D eigenvalue weighted by molar-refractivity contribution is 5.73. The van der Waals surface area contributed by atoms with Crippen molar-refractivity contribution in [1.82, 2.24) is 10.6 Å². The van der Waals surface area contributed by atoms with E-state index in [0.29, 0.717) is 32.1 Å². The number of halogens is 1. The second kappa shape index (κ2) is 7.49. The van der Waals surface area contributed by atoms with Crippen LogP contribution in [0.15, 0.2) is 47.1 Å². The SMILES string of the molecule is O=C(NCc1ccco1)NCC1(c2cccc(F)c2)CCOCC1. The van der Waals surface area contributed by atoms with Gasteiger partial charge in [-0.1, -0.05) is 12.1 Å². The fourth-order valence-electron chi connectivity index (χ4n) is 3.04. The molecule has 0 aliphatic carbocycles. The zero-order chi connectivity index (χ0) is 16.8. The number of nitrogens with one attached hydrogen (secondary N) is 2. The molecule has 0 spiro atoms. The first kappa shape index (κ1) is 16.5. The zero-order valence-corrected chi connectivity index (χ0v) is 13.4. The molecule has 1 aliphatic rings. The summed E-state index contributed by atoms with van der Waals surface area (Å²) in [6, 6.07) is 9.90. The number of carbonyl (C=O) groups excluding carboxylic acids is 1. The molecular weight excluding hydrogens is 311 g/mol. The third-order valence-corrected chi connectivity index (χ3v) is 4.48. The van der Waals surface area contributed by atoms with Gasteiger partial charge in [-0.15, -0.1) is 0 Å². The molecule has 1 fully saturated rings. The number of carbonyl (C=O) groups is 1. The van der Waals surface area contributed by atoms with Gasteiger partial charge in [0.05, 0.1) is 12.8 Å². The van der Waals surface area contributed by atoms with Gasteiger partial charge >= 0.3 is 6.03 Å². The predicted molar refractivity (Wildman–Crippen MR) is 87.1 cm³/mol. The number of urea groups is 1. The molecule has 0 bridgehead atoms. The maximum atomic E-state index is 13.6. The smallest absolute Gasteiger partial charge is 0.315 e. The Morgan fingerprint density at radius 2 is 2.00 bits per heavy atom. The standard InChI is InChI=1S/C18H21FN2O3/c19-15-4-1-3-14(11-15)18(6-9-23-10-7-18)13-21-17(22)20-12-16-5-2-8-24-16/h1-5,8,11H,6-7,9-10,12-13H2,(H2,20,21,22). The summed E-state index contributed by atoms with van der Waals surface area (Å²) >= 11 is 0. The van der Waals surface area contributed by atoms with E-state index in [1.165, 1.54) is 6.07 Å². The van der Waals surface area contributed by atoms with Gasteiger partial charge in [-0.2, -0.15) is 0 Å². The fourth-order valence-corrected chi connectivity index (χ4v) is 3.04. The van der Waals surface area contributed by atoms with Crippen LogP contribution >= 0.6 is 0 Å². The third-order valence-electron chi connectivity index (χ3n) is 4.48. The summed E-state index contributed by atoms with van der Waals surface area (Å²) in [5, 5.41) is 5.66. The predicted octanol–water partition coefficient (Wildman–Crippen LogP) is 2.97. The van der Waals surface area contributed by atoms with Gasteiger partial charge in [-0.3, -0.25) is 0 Å². The quantitative estimate of drug-likeness (QED) is 0.885. The lowest BCUT2D eigenvalue weighted by Crippen LogP contribution is -2.47. The molecule has 1 aliphatic heterocycles. The van der Waals surface area contributed by atoms with Crippen LogP contribution in [0.3, 0.4) is 0 Å². The largest absolute Gasteiger partial charge is 0.467 e. The van der Waals surface area contributed by atoms with Crippen molar-refractivity contribution in [3.05, 3.63) is 59.8 Å². The van der Waals surface area contributed by atoms with Gasteiger partial charge in [0.15, 0.2) is 0 Å². The normalized spacial score (nSPS) is 16.5. The van der Waals surface area contributed by atoms with Gasteiger partial charge in [-0.05, 0) is 42.7 Å².